The number of cyclic esters (lactones) is 1. The van der Waals surface area contributed by atoms with Gasteiger partial charge >= 0.3 is 6.09 Å². The van der Waals surface area contributed by atoms with E-state index in [0.717, 1.165) is 5.56 Å². The number of halogens is 1. The van der Waals surface area contributed by atoms with E-state index in [4.69, 9.17) is 4.74 Å². The largest absolute Gasteiger partial charge is 0.447 e. The van der Waals surface area contributed by atoms with E-state index in [1.807, 2.05) is 31.2 Å². The van der Waals surface area contributed by atoms with Gasteiger partial charge in [-0.1, -0.05) is 12.1 Å². The number of rotatable bonds is 1. The molecule has 0 saturated carbocycles. The third kappa shape index (κ3) is 1.70. The summed E-state index contributed by atoms with van der Waals surface area (Å²) in [6.45, 7) is 2.35. The van der Waals surface area contributed by atoms with Crippen LogP contribution in [0.5, 0.6) is 0 Å². The van der Waals surface area contributed by atoms with Gasteiger partial charge in [-0.15, -0.1) is 0 Å². The van der Waals surface area contributed by atoms with Crippen molar-refractivity contribution in [3.8, 4) is 0 Å². The molecular formula is C10H10INO2. The molecule has 0 aromatic heterocycles. The smallest absolute Gasteiger partial charge is 0.408 e. The van der Waals surface area contributed by atoms with Crippen LogP contribution < -0.4 is 5.32 Å². The Morgan fingerprint density at radius 3 is 2.57 bits per heavy atom. The molecule has 1 aromatic carbocycles. The van der Waals surface area contributed by atoms with Crippen LogP contribution in [0.2, 0.25) is 0 Å². The highest BCUT2D eigenvalue weighted by Crippen LogP contribution is 2.25. The standard InChI is InChI=1S/C10H10INO2/c1-10(6-14-9(13)12-10)7-2-4-8(11)5-3-7/h2-5H,6H2,1H3,(H,12,13). The van der Waals surface area contributed by atoms with Crippen molar-refractivity contribution in [2.24, 2.45) is 0 Å². The summed E-state index contributed by atoms with van der Waals surface area (Å²) >= 11 is 2.25. The summed E-state index contributed by atoms with van der Waals surface area (Å²) in [6.07, 6.45) is -0.342. The van der Waals surface area contributed by atoms with Gasteiger partial charge in [0.05, 0.1) is 5.54 Å². The van der Waals surface area contributed by atoms with Crippen LogP contribution in [0.15, 0.2) is 24.3 Å². The van der Waals surface area contributed by atoms with Gasteiger partial charge in [0.25, 0.3) is 0 Å². The van der Waals surface area contributed by atoms with Crippen molar-refractivity contribution in [3.05, 3.63) is 33.4 Å². The molecule has 1 amide bonds. The van der Waals surface area contributed by atoms with Gasteiger partial charge in [0.2, 0.25) is 0 Å². The zero-order valence-electron chi connectivity index (χ0n) is 7.71. The van der Waals surface area contributed by atoms with Crippen LogP contribution in [0, 0.1) is 3.57 Å². The number of alkyl carbamates (subject to hydrolysis) is 1. The molecule has 1 fully saturated rings. The lowest BCUT2D eigenvalue weighted by atomic mass is 9.94. The number of benzene rings is 1. The molecule has 0 bridgehead atoms. The van der Waals surface area contributed by atoms with Crippen LogP contribution in [0.25, 0.3) is 0 Å². The highest BCUT2D eigenvalue weighted by Gasteiger charge is 2.36. The molecule has 1 aliphatic rings. The molecule has 0 aliphatic carbocycles. The Hall–Kier alpha value is -0.780. The maximum absolute atomic E-state index is 11.0. The van der Waals surface area contributed by atoms with Gasteiger partial charge < -0.3 is 10.1 Å². The zero-order chi connectivity index (χ0) is 10.2. The Morgan fingerprint density at radius 1 is 1.43 bits per heavy atom. The van der Waals surface area contributed by atoms with Crippen molar-refractivity contribution >= 4 is 28.7 Å². The first-order valence-corrected chi connectivity index (χ1v) is 5.39. The number of ether oxygens (including phenoxy) is 1. The number of nitrogens with one attached hydrogen (secondary N) is 1. The van der Waals surface area contributed by atoms with Crippen LogP contribution in [0.3, 0.4) is 0 Å². The molecule has 0 radical (unpaired) electrons. The average Bonchev–Trinajstić information content (AvgIpc) is 2.48. The lowest BCUT2D eigenvalue weighted by Gasteiger charge is -2.21. The number of amides is 1. The van der Waals surface area contributed by atoms with E-state index >= 15 is 0 Å². The minimum atomic E-state index is -0.374. The summed E-state index contributed by atoms with van der Waals surface area (Å²) in [5.41, 5.74) is 0.699. The highest BCUT2D eigenvalue weighted by atomic mass is 127. The Balaban J connectivity index is 2.30. The molecule has 14 heavy (non-hydrogen) atoms. The van der Waals surface area contributed by atoms with Gasteiger partial charge in [0.15, 0.2) is 0 Å². The van der Waals surface area contributed by atoms with Gasteiger partial charge in [0, 0.05) is 3.57 Å². The van der Waals surface area contributed by atoms with E-state index in [2.05, 4.69) is 27.9 Å². The fourth-order valence-corrected chi connectivity index (χ4v) is 1.84. The Morgan fingerprint density at radius 2 is 2.07 bits per heavy atom. The quantitative estimate of drug-likeness (QED) is 0.808. The fraction of sp³-hybridized carbons (Fsp3) is 0.300. The summed E-state index contributed by atoms with van der Waals surface area (Å²) in [7, 11) is 0. The summed E-state index contributed by atoms with van der Waals surface area (Å²) in [4.78, 5) is 11.0. The Labute approximate surface area is 96.0 Å². The van der Waals surface area contributed by atoms with Crippen LogP contribution >= 0.6 is 22.6 Å². The third-order valence-corrected chi connectivity index (χ3v) is 3.07. The molecule has 0 spiro atoms. The SMILES string of the molecule is CC1(c2ccc(I)cc2)COC(=O)N1. The van der Waals surface area contributed by atoms with E-state index < -0.39 is 0 Å². The molecule has 4 heteroatoms. The van der Waals surface area contributed by atoms with Crippen molar-refractivity contribution in [2.45, 2.75) is 12.5 Å². The Bertz CT molecular complexity index is 363. The maximum atomic E-state index is 11.0. The summed E-state index contributed by atoms with van der Waals surface area (Å²) in [5.74, 6) is 0. The molecule has 1 aromatic rings. The lowest BCUT2D eigenvalue weighted by Crippen LogP contribution is -2.37. The lowest BCUT2D eigenvalue weighted by molar-refractivity contribution is 0.173. The van der Waals surface area contributed by atoms with E-state index in [1.165, 1.54) is 3.57 Å². The highest BCUT2D eigenvalue weighted by molar-refractivity contribution is 14.1. The molecule has 74 valence electrons. The van der Waals surface area contributed by atoms with E-state index in [-0.39, 0.29) is 11.6 Å². The molecule has 1 aliphatic heterocycles. The second-order valence-electron chi connectivity index (χ2n) is 3.54. The van der Waals surface area contributed by atoms with Crippen LogP contribution in [0.4, 0.5) is 4.79 Å². The average molecular weight is 303 g/mol. The maximum Gasteiger partial charge on any atom is 0.408 e. The minimum absolute atomic E-state index is 0.342. The van der Waals surface area contributed by atoms with Crippen molar-refractivity contribution in [2.75, 3.05) is 6.61 Å². The topological polar surface area (TPSA) is 38.3 Å². The van der Waals surface area contributed by atoms with E-state index in [1.54, 1.807) is 0 Å². The summed E-state index contributed by atoms with van der Waals surface area (Å²) < 4.78 is 6.08. The van der Waals surface area contributed by atoms with E-state index in [9.17, 15) is 4.79 Å². The predicted molar refractivity (Wildman–Crippen MR) is 61.0 cm³/mol. The molecule has 1 saturated heterocycles. The van der Waals surface area contributed by atoms with Gasteiger partial charge in [-0.05, 0) is 47.2 Å². The summed E-state index contributed by atoms with van der Waals surface area (Å²) in [6, 6.07) is 8.06. The first kappa shape index (κ1) is 9.76. The fourth-order valence-electron chi connectivity index (χ4n) is 1.48. The second kappa shape index (κ2) is 3.42. The second-order valence-corrected chi connectivity index (χ2v) is 4.79. The first-order chi connectivity index (χ1) is 6.60. The number of hydrogen-bond acceptors (Lipinski definition) is 2. The molecular weight excluding hydrogens is 293 g/mol. The normalized spacial score (nSPS) is 25.7. The van der Waals surface area contributed by atoms with Crippen LogP contribution in [-0.2, 0) is 10.3 Å². The van der Waals surface area contributed by atoms with Crippen LogP contribution in [-0.4, -0.2) is 12.7 Å². The molecule has 1 heterocycles. The zero-order valence-corrected chi connectivity index (χ0v) is 9.87. The Kier molecular flexibility index (Phi) is 2.38. The molecule has 1 N–H and O–H groups in total. The van der Waals surface area contributed by atoms with Crippen molar-refractivity contribution in [3.63, 3.8) is 0 Å². The van der Waals surface area contributed by atoms with Crippen LogP contribution in [0.1, 0.15) is 12.5 Å². The van der Waals surface area contributed by atoms with Gasteiger partial charge in [0.1, 0.15) is 6.61 Å². The number of carbonyl (C=O) groups excluding carboxylic acids is 1. The van der Waals surface area contributed by atoms with Gasteiger partial charge in [-0.3, -0.25) is 0 Å². The molecule has 1 atom stereocenters. The van der Waals surface area contributed by atoms with Gasteiger partial charge in [-0.2, -0.15) is 0 Å². The molecule has 3 nitrogen and oxygen atoms in total. The minimum Gasteiger partial charge on any atom is -0.447 e. The van der Waals surface area contributed by atoms with E-state index in [0.29, 0.717) is 6.61 Å². The number of hydrogen-bond donors (Lipinski definition) is 1. The molecule has 1 unspecified atom stereocenters. The van der Waals surface area contributed by atoms with Crippen molar-refractivity contribution in [1.82, 2.24) is 5.32 Å². The monoisotopic (exact) mass is 303 g/mol. The van der Waals surface area contributed by atoms with Crippen molar-refractivity contribution in [1.29, 1.82) is 0 Å². The first-order valence-electron chi connectivity index (χ1n) is 4.31. The van der Waals surface area contributed by atoms with Crippen molar-refractivity contribution < 1.29 is 9.53 Å². The molecule has 2 rings (SSSR count). The summed E-state index contributed by atoms with van der Waals surface area (Å²) in [5, 5.41) is 2.80. The van der Waals surface area contributed by atoms with Gasteiger partial charge in [-0.25, -0.2) is 4.79 Å². The third-order valence-electron chi connectivity index (χ3n) is 2.35. The predicted octanol–water partition coefficient (Wildman–Crippen LogP) is 2.25. The number of carbonyl (C=O) groups is 1.